The van der Waals surface area contributed by atoms with Crippen molar-refractivity contribution in [2.75, 3.05) is 0 Å². The van der Waals surface area contributed by atoms with E-state index in [2.05, 4.69) is 40.2 Å². The van der Waals surface area contributed by atoms with Crippen LogP contribution in [0.15, 0.2) is 28.7 Å². The van der Waals surface area contributed by atoms with Crippen LogP contribution in [-0.2, 0) is 10.2 Å². The van der Waals surface area contributed by atoms with Crippen molar-refractivity contribution in [1.82, 2.24) is 0 Å². The van der Waals surface area contributed by atoms with Gasteiger partial charge in [-0.3, -0.25) is 0 Å². The Morgan fingerprint density at radius 1 is 1.20 bits per heavy atom. The first-order chi connectivity index (χ1) is 7.23. The van der Waals surface area contributed by atoms with Gasteiger partial charge in [0.15, 0.2) is 0 Å². The van der Waals surface area contributed by atoms with Gasteiger partial charge >= 0.3 is 0 Å². The van der Waals surface area contributed by atoms with E-state index in [9.17, 15) is 4.79 Å². The van der Waals surface area contributed by atoms with E-state index in [-0.39, 0.29) is 0 Å². The van der Waals surface area contributed by atoms with E-state index in [0.717, 1.165) is 17.2 Å². The molecule has 78 valence electrons. The molecule has 0 amide bonds. The number of hydrogen-bond donors (Lipinski definition) is 0. The van der Waals surface area contributed by atoms with Crippen LogP contribution in [0.1, 0.15) is 24.8 Å². The number of rotatable bonds is 2. The zero-order valence-corrected chi connectivity index (χ0v) is 10.0. The van der Waals surface area contributed by atoms with Crippen LogP contribution in [0, 0.1) is 11.8 Å². The molecule has 0 aromatic heterocycles. The van der Waals surface area contributed by atoms with Gasteiger partial charge in [0.05, 0.1) is 0 Å². The minimum atomic E-state index is 0.327. The fraction of sp³-hybridized carbons (Fsp3) is 0.462. The molecule has 0 saturated heterocycles. The monoisotopic (exact) mass is 264 g/mol. The smallest absolute Gasteiger partial charge is 0.123 e. The van der Waals surface area contributed by atoms with Crippen molar-refractivity contribution >= 4 is 22.2 Å². The molecule has 3 fully saturated rings. The summed E-state index contributed by atoms with van der Waals surface area (Å²) in [5.74, 6) is 1.000. The Morgan fingerprint density at radius 3 is 2.40 bits per heavy atom. The number of halogens is 1. The van der Waals surface area contributed by atoms with E-state index in [1.807, 2.05) is 0 Å². The van der Waals surface area contributed by atoms with Crippen molar-refractivity contribution < 1.29 is 4.79 Å². The lowest BCUT2D eigenvalue weighted by molar-refractivity contribution is -0.111. The van der Waals surface area contributed by atoms with Crippen molar-refractivity contribution in [3.05, 3.63) is 34.3 Å². The summed E-state index contributed by atoms with van der Waals surface area (Å²) in [4.78, 5) is 10.9. The van der Waals surface area contributed by atoms with Crippen LogP contribution in [0.2, 0.25) is 0 Å². The van der Waals surface area contributed by atoms with Crippen molar-refractivity contribution in [3.63, 3.8) is 0 Å². The molecule has 0 N–H and O–H groups in total. The van der Waals surface area contributed by atoms with Gasteiger partial charge in [0.2, 0.25) is 0 Å². The second kappa shape index (κ2) is 3.18. The SMILES string of the molecule is O=C[C@@H]1CC2(c3ccc(Br)cc3)CC1C2. The van der Waals surface area contributed by atoms with Crippen LogP contribution in [-0.4, -0.2) is 6.29 Å². The molecular formula is C13H13BrO. The van der Waals surface area contributed by atoms with Gasteiger partial charge in [-0.2, -0.15) is 0 Å². The van der Waals surface area contributed by atoms with Crippen LogP contribution in [0.3, 0.4) is 0 Å². The maximum absolute atomic E-state index is 10.9. The standard InChI is InChI=1S/C13H13BrO/c14-12-3-1-11(2-4-12)13-5-9(6-13)10(7-13)8-15/h1-4,8-10H,5-7H2/t9?,10-,13?/m0/s1. The van der Waals surface area contributed by atoms with Crippen molar-refractivity contribution in [1.29, 1.82) is 0 Å². The third-order valence-corrected chi connectivity index (χ3v) is 4.70. The fourth-order valence-corrected chi connectivity index (χ4v) is 3.61. The summed E-state index contributed by atoms with van der Waals surface area (Å²) in [5.41, 5.74) is 1.77. The first-order valence-corrected chi connectivity index (χ1v) is 6.24. The van der Waals surface area contributed by atoms with Gasteiger partial charge in [0.25, 0.3) is 0 Å². The molecule has 2 bridgehead atoms. The highest BCUT2D eigenvalue weighted by Crippen LogP contribution is 2.61. The lowest BCUT2D eigenvalue weighted by Gasteiger charge is -2.39. The summed E-state index contributed by atoms with van der Waals surface area (Å²) in [6, 6.07) is 8.61. The topological polar surface area (TPSA) is 17.1 Å². The summed E-state index contributed by atoms with van der Waals surface area (Å²) in [5, 5.41) is 0. The molecule has 0 heterocycles. The Bertz CT molecular complexity index is 390. The van der Waals surface area contributed by atoms with Crippen LogP contribution in [0.5, 0.6) is 0 Å². The zero-order valence-electron chi connectivity index (χ0n) is 8.45. The lowest BCUT2D eigenvalue weighted by Crippen LogP contribution is -2.32. The maximum Gasteiger partial charge on any atom is 0.123 e. The molecule has 1 aromatic carbocycles. The molecule has 3 aliphatic carbocycles. The van der Waals surface area contributed by atoms with Gasteiger partial charge in [-0.15, -0.1) is 0 Å². The van der Waals surface area contributed by atoms with Crippen molar-refractivity contribution in [2.45, 2.75) is 24.7 Å². The van der Waals surface area contributed by atoms with E-state index < -0.39 is 0 Å². The number of fused-ring (bicyclic) bond motifs is 1. The van der Waals surface area contributed by atoms with Gasteiger partial charge in [-0.05, 0) is 48.3 Å². The first-order valence-electron chi connectivity index (χ1n) is 5.45. The average Bonchev–Trinajstić information content (AvgIpc) is 2.73. The highest BCUT2D eigenvalue weighted by molar-refractivity contribution is 9.10. The molecule has 0 aliphatic heterocycles. The predicted octanol–water partition coefficient (Wildman–Crippen LogP) is 3.32. The Labute approximate surface area is 98.0 Å². The van der Waals surface area contributed by atoms with Gasteiger partial charge < -0.3 is 4.79 Å². The molecule has 1 nitrogen and oxygen atoms in total. The molecule has 0 unspecified atom stereocenters. The second-order valence-electron chi connectivity index (χ2n) is 4.96. The third-order valence-electron chi connectivity index (χ3n) is 4.17. The van der Waals surface area contributed by atoms with Gasteiger partial charge in [0.1, 0.15) is 6.29 Å². The van der Waals surface area contributed by atoms with E-state index in [4.69, 9.17) is 0 Å². The van der Waals surface area contributed by atoms with Crippen LogP contribution < -0.4 is 0 Å². The lowest BCUT2D eigenvalue weighted by atomic mass is 9.65. The first kappa shape index (κ1) is 9.59. The minimum Gasteiger partial charge on any atom is -0.303 e. The second-order valence-corrected chi connectivity index (χ2v) is 5.88. The molecule has 0 spiro atoms. The number of benzene rings is 1. The molecule has 3 aliphatic rings. The fourth-order valence-electron chi connectivity index (χ4n) is 3.35. The number of carbonyl (C=O) groups is 1. The molecule has 15 heavy (non-hydrogen) atoms. The quantitative estimate of drug-likeness (QED) is 0.750. The third kappa shape index (κ3) is 1.31. The zero-order chi connectivity index (χ0) is 10.5. The molecule has 3 saturated carbocycles. The minimum absolute atomic E-state index is 0.327. The number of aldehydes is 1. The maximum atomic E-state index is 10.9. The van der Waals surface area contributed by atoms with Crippen LogP contribution in [0.4, 0.5) is 0 Å². The van der Waals surface area contributed by atoms with E-state index in [1.54, 1.807) is 0 Å². The van der Waals surface area contributed by atoms with Gasteiger partial charge in [-0.25, -0.2) is 0 Å². The highest BCUT2D eigenvalue weighted by atomic mass is 79.9. The van der Waals surface area contributed by atoms with Gasteiger partial charge in [0, 0.05) is 10.4 Å². The van der Waals surface area contributed by atoms with E-state index in [0.29, 0.717) is 17.3 Å². The molecular weight excluding hydrogens is 252 g/mol. The predicted molar refractivity (Wildman–Crippen MR) is 62.7 cm³/mol. The van der Waals surface area contributed by atoms with Crippen LogP contribution >= 0.6 is 15.9 Å². The molecule has 1 aromatic rings. The summed E-state index contributed by atoms with van der Waals surface area (Å²) in [6.45, 7) is 0. The average molecular weight is 265 g/mol. The molecule has 1 atom stereocenters. The van der Waals surface area contributed by atoms with E-state index in [1.165, 1.54) is 18.4 Å². The summed E-state index contributed by atoms with van der Waals surface area (Å²) in [7, 11) is 0. The summed E-state index contributed by atoms with van der Waals surface area (Å²) >= 11 is 3.45. The Hall–Kier alpha value is -0.630. The molecule has 2 heteroatoms. The van der Waals surface area contributed by atoms with E-state index >= 15 is 0 Å². The Morgan fingerprint density at radius 2 is 1.87 bits per heavy atom. The Kier molecular flexibility index (Phi) is 2.03. The van der Waals surface area contributed by atoms with Gasteiger partial charge in [-0.1, -0.05) is 28.1 Å². The van der Waals surface area contributed by atoms with Crippen LogP contribution in [0.25, 0.3) is 0 Å². The highest BCUT2D eigenvalue weighted by Gasteiger charge is 2.56. The molecule has 0 radical (unpaired) electrons. The number of carbonyl (C=O) groups excluding carboxylic acids is 1. The van der Waals surface area contributed by atoms with Crippen molar-refractivity contribution in [2.24, 2.45) is 11.8 Å². The van der Waals surface area contributed by atoms with Crippen molar-refractivity contribution in [3.8, 4) is 0 Å². The molecule has 4 rings (SSSR count). The normalized spacial score (nSPS) is 37.4. The summed E-state index contributed by atoms with van der Waals surface area (Å²) in [6.07, 6.45) is 4.68. The summed E-state index contributed by atoms with van der Waals surface area (Å²) < 4.78 is 1.13. The largest absolute Gasteiger partial charge is 0.303 e. The number of hydrogen-bond acceptors (Lipinski definition) is 1. The Balaban J connectivity index is 1.90.